The van der Waals surface area contributed by atoms with Crippen molar-refractivity contribution in [3.63, 3.8) is 0 Å². The van der Waals surface area contributed by atoms with Gasteiger partial charge < -0.3 is 54.9 Å². The van der Waals surface area contributed by atoms with Gasteiger partial charge in [-0.25, -0.2) is 0 Å². The number of esters is 1. The number of nitrogens with zero attached hydrogens (tertiary/aromatic N) is 4. The number of rotatable bonds is 7. The normalized spacial score (nSPS) is 28.7. The standard InChI is InChI=1S/C58H75N5O11.CH4O/c1-32(2)31-62-26-22-58(23-27-62)60-46-43-44-51(68)38(8)54-45(43)55(70)57(9,74-54)72-28-14-17-34(4)53(73-42(65)30-41(64)63-24-20-40(21-25-63)29-39-18-11-10-12-19-39)37(7)50(67)36(6)49(66)33(3)15-13-16-35(5)56(71)59-48(52(44)69)47(46)61-58;1-2/h10-16,18-19,28,32-34,36-37,40,49-50,53,66-69H,17,20-27,29-31H2,1-9H3,(H,59,71);2H,1H3/b15-13+,28-14+,35-16-;/t33-,34+,36+,37+,49-,50?,53?,57?;/m0./s1. The van der Waals surface area contributed by atoms with Crippen molar-refractivity contribution < 1.29 is 58.9 Å². The fourth-order valence-corrected chi connectivity index (χ4v) is 11.5. The van der Waals surface area contributed by atoms with Crippen LogP contribution in [0.4, 0.5) is 5.69 Å². The highest BCUT2D eigenvalue weighted by Crippen LogP contribution is 2.50. The van der Waals surface area contributed by atoms with Crippen LogP contribution in [-0.2, 0) is 30.3 Å². The van der Waals surface area contributed by atoms with Crippen molar-refractivity contribution in [3.05, 3.63) is 93.9 Å². The zero-order valence-corrected chi connectivity index (χ0v) is 45.8. The molecule has 3 aromatic rings. The molecule has 1 spiro atoms. The van der Waals surface area contributed by atoms with E-state index in [0.717, 1.165) is 32.9 Å². The lowest BCUT2D eigenvalue weighted by molar-refractivity contribution is -0.162. The first kappa shape index (κ1) is 57.6. The maximum Gasteiger partial charge on any atom is 0.315 e. The molecule has 412 valence electrons. The quantitative estimate of drug-likeness (QED) is 0.0834. The molecule has 2 saturated heterocycles. The van der Waals surface area contributed by atoms with E-state index in [9.17, 15) is 39.6 Å². The molecular formula is C59H79N5O12. The van der Waals surface area contributed by atoms with Crippen LogP contribution < -0.4 is 20.8 Å². The fraction of sp³-hybridized carbons (Fsp3) is 0.559. The Morgan fingerprint density at radius 1 is 0.895 bits per heavy atom. The first-order valence-corrected chi connectivity index (χ1v) is 26.9. The number of aliphatic hydroxyl groups is 3. The zero-order valence-electron chi connectivity index (χ0n) is 45.8. The number of phenolic OH excluding ortho intramolecular Hbond substituents is 2. The summed E-state index contributed by atoms with van der Waals surface area (Å²) < 4.78 is 18.6. The molecule has 0 aliphatic carbocycles. The maximum atomic E-state index is 14.9. The van der Waals surface area contributed by atoms with Crippen LogP contribution in [0, 0.1) is 42.4 Å². The average Bonchev–Trinajstić information content (AvgIpc) is 3.95. The Hall–Kier alpha value is -6.14. The van der Waals surface area contributed by atoms with Crippen molar-refractivity contribution in [2.75, 3.05) is 45.2 Å². The van der Waals surface area contributed by atoms with Crippen LogP contribution in [0.15, 0.2) is 76.5 Å². The summed E-state index contributed by atoms with van der Waals surface area (Å²) in [5, 5.41) is 57.9. The number of aromatic hydroxyl groups is 2. The molecule has 0 saturated carbocycles. The van der Waals surface area contributed by atoms with Gasteiger partial charge in [0.1, 0.15) is 35.1 Å². The van der Waals surface area contributed by atoms with Crippen LogP contribution >= 0.6 is 0 Å². The SMILES string of the molecule is C/C1=C/C=C/[C@H](C)[C@H](O)[C@@H](C)C(O)[C@@H](C)C(OC(=O)CC(=O)N2CCC(Cc3ccccc3)CC2)[C@H](C)C/C=C/OC2(C)Oc3c(C)c(O)c4c(O)c(c5c(c4c3C2=O)=NC2(CCN(CC(C)C)CC2)N=5)NC1=O.CO. The Bertz CT molecular complexity index is 2870. The highest BCUT2D eigenvalue weighted by molar-refractivity contribution is 6.19. The number of hydrogen-bond donors (Lipinski definition) is 6. The molecule has 76 heavy (non-hydrogen) atoms. The summed E-state index contributed by atoms with van der Waals surface area (Å²) in [6.07, 6.45) is 8.15. The van der Waals surface area contributed by atoms with E-state index in [2.05, 4.69) is 36.2 Å². The first-order valence-electron chi connectivity index (χ1n) is 26.9. The molecule has 8 atom stereocenters. The molecule has 3 unspecified atom stereocenters. The summed E-state index contributed by atoms with van der Waals surface area (Å²) >= 11 is 0. The molecule has 2 amide bonds. The number of anilines is 1. The largest absolute Gasteiger partial charge is 0.507 e. The van der Waals surface area contributed by atoms with E-state index in [1.54, 1.807) is 63.8 Å². The summed E-state index contributed by atoms with van der Waals surface area (Å²) in [5.41, 5.74) is 0.667. The number of amides is 2. The van der Waals surface area contributed by atoms with E-state index < -0.39 is 83.3 Å². The van der Waals surface area contributed by atoms with Gasteiger partial charge in [0.2, 0.25) is 5.91 Å². The number of ketones is 1. The number of hydrogen-bond acceptors (Lipinski definition) is 15. The lowest BCUT2D eigenvalue weighted by atomic mass is 9.79. The maximum absolute atomic E-state index is 14.9. The number of carbonyl (C=O) groups is 4. The van der Waals surface area contributed by atoms with Gasteiger partial charge in [0.05, 0.1) is 34.8 Å². The number of allylic oxidation sites excluding steroid dienone is 3. The van der Waals surface area contributed by atoms with Gasteiger partial charge in [0.15, 0.2) is 11.4 Å². The van der Waals surface area contributed by atoms with Gasteiger partial charge in [-0.1, -0.05) is 90.1 Å². The minimum Gasteiger partial charge on any atom is -0.507 e. The van der Waals surface area contributed by atoms with Crippen molar-refractivity contribution in [2.45, 2.75) is 137 Å². The van der Waals surface area contributed by atoms with Crippen LogP contribution in [0.25, 0.3) is 10.8 Å². The fourth-order valence-electron chi connectivity index (χ4n) is 11.5. The van der Waals surface area contributed by atoms with Crippen LogP contribution in [0.5, 0.6) is 17.2 Å². The number of Topliss-reactive ketones (excluding diaryl/α,β-unsaturated/α-hetero) is 1. The van der Waals surface area contributed by atoms with Crippen molar-refractivity contribution >= 4 is 40.0 Å². The molecule has 6 heterocycles. The third kappa shape index (κ3) is 12.0. The van der Waals surface area contributed by atoms with Gasteiger partial charge in [0, 0.05) is 93.9 Å². The van der Waals surface area contributed by atoms with Crippen molar-refractivity contribution in [2.24, 2.45) is 45.5 Å². The highest BCUT2D eigenvalue weighted by Gasteiger charge is 2.50. The van der Waals surface area contributed by atoms with Crippen molar-refractivity contribution in [1.82, 2.24) is 9.80 Å². The summed E-state index contributed by atoms with van der Waals surface area (Å²) in [4.78, 5) is 70.6. The second-order valence-corrected chi connectivity index (χ2v) is 22.2. The molecule has 6 aliphatic rings. The Labute approximate surface area is 446 Å². The zero-order chi connectivity index (χ0) is 55.4. The molecule has 5 bridgehead atoms. The monoisotopic (exact) mass is 1050 g/mol. The molecule has 0 radical (unpaired) electrons. The summed E-state index contributed by atoms with van der Waals surface area (Å²) in [5.74, 6) is -6.54. The number of ether oxygens (including phenoxy) is 3. The van der Waals surface area contributed by atoms with Gasteiger partial charge in [-0.2, -0.15) is 0 Å². The number of likely N-dealkylation sites (tertiary alicyclic amines) is 2. The van der Waals surface area contributed by atoms with Crippen LogP contribution in [0.2, 0.25) is 0 Å². The minimum atomic E-state index is -1.95. The lowest BCUT2D eigenvalue weighted by Crippen LogP contribution is -2.45. The van der Waals surface area contributed by atoms with Gasteiger partial charge >= 0.3 is 11.8 Å². The second kappa shape index (κ2) is 24.0. The number of nitrogens with one attached hydrogen (secondary N) is 1. The summed E-state index contributed by atoms with van der Waals surface area (Å²) in [6.45, 7) is 19.4. The molecule has 17 nitrogen and oxygen atoms in total. The second-order valence-electron chi connectivity index (χ2n) is 22.2. The minimum absolute atomic E-state index is 0.0410. The number of carbonyl (C=O) groups excluding carboxylic acids is 4. The number of aliphatic hydroxyl groups excluding tert-OH is 3. The Morgan fingerprint density at radius 2 is 1.55 bits per heavy atom. The smallest absolute Gasteiger partial charge is 0.315 e. The van der Waals surface area contributed by atoms with E-state index in [1.165, 1.54) is 18.7 Å². The third-order valence-electron chi connectivity index (χ3n) is 16.1. The van der Waals surface area contributed by atoms with Crippen molar-refractivity contribution in [1.29, 1.82) is 0 Å². The van der Waals surface area contributed by atoms with Gasteiger partial charge in [0.25, 0.3) is 11.7 Å². The predicted octanol–water partition coefficient (Wildman–Crippen LogP) is 6.58. The Balaban J connectivity index is 0.00000415. The summed E-state index contributed by atoms with van der Waals surface area (Å²) in [7, 11) is 1.00. The Morgan fingerprint density at radius 3 is 2.21 bits per heavy atom. The highest BCUT2D eigenvalue weighted by atomic mass is 16.7. The van der Waals surface area contributed by atoms with E-state index in [0.29, 0.717) is 50.9 Å². The van der Waals surface area contributed by atoms with Crippen molar-refractivity contribution in [3.8, 4) is 17.2 Å². The Kier molecular flexibility index (Phi) is 18.2. The molecule has 0 aromatic heterocycles. The first-order chi connectivity index (χ1) is 36.1. The van der Waals surface area contributed by atoms with Crippen LogP contribution in [0.1, 0.15) is 115 Å². The average molecular weight is 1050 g/mol. The van der Waals surface area contributed by atoms with Gasteiger partial charge in [-0.05, 0) is 68.9 Å². The molecule has 17 heteroatoms. The number of phenols is 2. The van der Waals surface area contributed by atoms with E-state index in [4.69, 9.17) is 29.3 Å². The number of piperidine rings is 2. The van der Waals surface area contributed by atoms with Gasteiger partial charge in [-0.3, -0.25) is 29.2 Å². The molecule has 2 fully saturated rings. The molecular weight excluding hydrogens is 971 g/mol. The number of benzene rings is 3. The molecule has 6 N–H and O–H groups in total. The van der Waals surface area contributed by atoms with Crippen LogP contribution in [0.3, 0.4) is 0 Å². The van der Waals surface area contributed by atoms with Crippen LogP contribution in [-0.4, -0.2) is 128 Å². The van der Waals surface area contributed by atoms with E-state index >= 15 is 0 Å². The topological polar surface area (TPSA) is 240 Å². The molecule has 3 aromatic carbocycles. The molecule has 9 rings (SSSR count). The third-order valence-corrected chi connectivity index (χ3v) is 16.1. The van der Waals surface area contributed by atoms with E-state index in [-0.39, 0.29) is 67.7 Å². The predicted molar refractivity (Wildman–Crippen MR) is 288 cm³/mol. The van der Waals surface area contributed by atoms with E-state index in [1.807, 2.05) is 25.1 Å². The summed E-state index contributed by atoms with van der Waals surface area (Å²) in [6, 6.07) is 10.3. The number of fused-ring (bicyclic) bond motifs is 13. The molecule has 6 aliphatic heterocycles. The lowest BCUT2D eigenvalue weighted by Gasteiger charge is -2.37. The van der Waals surface area contributed by atoms with Gasteiger partial charge in [-0.15, -0.1) is 0 Å².